The fourth-order valence-corrected chi connectivity index (χ4v) is 2.64. The number of likely N-dealkylation sites (tertiary alicyclic amines) is 1. The second kappa shape index (κ2) is 7.49. The molecule has 1 saturated heterocycles. The summed E-state index contributed by atoms with van der Waals surface area (Å²) in [6, 6.07) is 6.07. The van der Waals surface area contributed by atoms with Crippen LogP contribution in [0, 0.1) is 5.92 Å². The van der Waals surface area contributed by atoms with Crippen molar-refractivity contribution in [1.29, 1.82) is 0 Å². The van der Waals surface area contributed by atoms with Crippen LogP contribution in [0.25, 0.3) is 0 Å². The molecular weight excluding hydrogens is 222 g/mol. The molecule has 0 saturated carbocycles. The smallest absolute Gasteiger partial charge is 0.0541 e. The summed E-state index contributed by atoms with van der Waals surface area (Å²) in [6.07, 6.45) is 5.98. The lowest BCUT2D eigenvalue weighted by molar-refractivity contribution is 0.172. The molecule has 0 radical (unpaired) electrons. The Morgan fingerprint density at radius 3 is 3.17 bits per heavy atom. The van der Waals surface area contributed by atoms with Gasteiger partial charge in [0.15, 0.2) is 0 Å². The molecule has 0 bridgehead atoms. The third kappa shape index (κ3) is 4.39. The van der Waals surface area contributed by atoms with Gasteiger partial charge in [-0.3, -0.25) is 4.98 Å². The van der Waals surface area contributed by atoms with E-state index >= 15 is 0 Å². The molecule has 1 fully saturated rings. The van der Waals surface area contributed by atoms with Gasteiger partial charge in [0.2, 0.25) is 0 Å². The third-order valence-corrected chi connectivity index (χ3v) is 3.82. The van der Waals surface area contributed by atoms with Crippen molar-refractivity contribution in [2.75, 3.05) is 26.2 Å². The fourth-order valence-electron chi connectivity index (χ4n) is 2.64. The van der Waals surface area contributed by atoms with E-state index < -0.39 is 0 Å². The van der Waals surface area contributed by atoms with Gasteiger partial charge in [-0.15, -0.1) is 0 Å². The lowest BCUT2D eigenvalue weighted by Crippen LogP contribution is -2.39. The summed E-state index contributed by atoms with van der Waals surface area (Å²) in [7, 11) is 0. The van der Waals surface area contributed by atoms with Gasteiger partial charge in [0.1, 0.15) is 0 Å². The second-order valence-electron chi connectivity index (χ2n) is 5.21. The van der Waals surface area contributed by atoms with Gasteiger partial charge in [-0.1, -0.05) is 19.4 Å². The van der Waals surface area contributed by atoms with Crippen molar-refractivity contribution in [3.8, 4) is 0 Å². The van der Waals surface area contributed by atoms with Crippen molar-refractivity contribution in [1.82, 2.24) is 15.2 Å². The van der Waals surface area contributed by atoms with Crippen LogP contribution in [0.3, 0.4) is 0 Å². The predicted molar refractivity (Wildman–Crippen MR) is 75.4 cm³/mol. The minimum atomic E-state index is 0.881. The van der Waals surface area contributed by atoms with Crippen LogP contribution in [-0.4, -0.2) is 36.1 Å². The molecular formula is C15H25N3. The maximum atomic E-state index is 4.31. The summed E-state index contributed by atoms with van der Waals surface area (Å²) < 4.78 is 0. The normalized spacial score (nSPS) is 21.1. The maximum Gasteiger partial charge on any atom is 0.0541 e. The minimum absolute atomic E-state index is 0.881. The summed E-state index contributed by atoms with van der Waals surface area (Å²) in [5, 5.41) is 3.48. The lowest BCUT2D eigenvalue weighted by atomic mass is 9.96. The molecule has 2 rings (SSSR count). The molecule has 100 valence electrons. The molecule has 1 aromatic rings. The Morgan fingerprint density at radius 1 is 1.44 bits per heavy atom. The Hall–Kier alpha value is -0.930. The number of pyridine rings is 1. The van der Waals surface area contributed by atoms with E-state index in [2.05, 4.69) is 28.2 Å². The Kier molecular flexibility index (Phi) is 5.62. The van der Waals surface area contributed by atoms with Crippen LogP contribution >= 0.6 is 0 Å². The standard InChI is InChI=1S/C15H25N3/c1-2-14-6-5-10-18(13-14)11-9-16-12-15-7-3-4-8-17-15/h3-4,7-8,14,16H,2,5-6,9-13H2,1H3. The number of piperidine rings is 1. The van der Waals surface area contributed by atoms with Crippen molar-refractivity contribution >= 4 is 0 Å². The van der Waals surface area contributed by atoms with E-state index in [1.807, 2.05) is 18.3 Å². The first kappa shape index (κ1) is 13.5. The summed E-state index contributed by atoms with van der Waals surface area (Å²) in [5.41, 5.74) is 1.13. The quantitative estimate of drug-likeness (QED) is 0.782. The molecule has 1 aromatic heterocycles. The molecule has 1 unspecified atom stereocenters. The zero-order valence-electron chi connectivity index (χ0n) is 11.4. The van der Waals surface area contributed by atoms with Gasteiger partial charge < -0.3 is 10.2 Å². The van der Waals surface area contributed by atoms with Crippen molar-refractivity contribution in [3.63, 3.8) is 0 Å². The molecule has 3 heteroatoms. The first-order valence-corrected chi connectivity index (χ1v) is 7.21. The van der Waals surface area contributed by atoms with E-state index in [-0.39, 0.29) is 0 Å². The van der Waals surface area contributed by atoms with Crippen LogP contribution in [0.15, 0.2) is 24.4 Å². The number of hydrogen-bond donors (Lipinski definition) is 1. The van der Waals surface area contributed by atoms with Crippen molar-refractivity contribution in [2.45, 2.75) is 32.7 Å². The number of nitrogens with one attached hydrogen (secondary N) is 1. The second-order valence-corrected chi connectivity index (χ2v) is 5.21. The first-order valence-electron chi connectivity index (χ1n) is 7.21. The van der Waals surface area contributed by atoms with E-state index in [4.69, 9.17) is 0 Å². The van der Waals surface area contributed by atoms with Crippen molar-refractivity contribution < 1.29 is 0 Å². The Balaban J connectivity index is 1.60. The highest BCUT2D eigenvalue weighted by molar-refractivity contribution is 5.02. The van der Waals surface area contributed by atoms with Gasteiger partial charge in [-0.2, -0.15) is 0 Å². The number of rotatable bonds is 6. The maximum absolute atomic E-state index is 4.31. The topological polar surface area (TPSA) is 28.2 Å². The summed E-state index contributed by atoms with van der Waals surface area (Å²) in [4.78, 5) is 6.91. The van der Waals surface area contributed by atoms with Crippen LogP contribution in [-0.2, 0) is 6.54 Å². The Bertz CT molecular complexity index is 326. The number of hydrogen-bond acceptors (Lipinski definition) is 3. The molecule has 0 aliphatic carbocycles. The molecule has 0 aromatic carbocycles. The zero-order chi connectivity index (χ0) is 12.6. The molecule has 2 heterocycles. The summed E-state index contributed by atoms with van der Waals surface area (Å²) in [6.45, 7) is 8.00. The Labute approximate surface area is 111 Å². The number of aromatic nitrogens is 1. The molecule has 18 heavy (non-hydrogen) atoms. The van der Waals surface area contributed by atoms with Gasteiger partial charge in [-0.05, 0) is 37.4 Å². The van der Waals surface area contributed by atoms with Crippen LogP contribution in [0.1, 0.15) is 31.9 Å². The van der Waals surface area contributed by atoms with E-state index in [0.717, 1.165) is 24.7 Å². The molecule has 1 aliphatic heterocycles. The van der Waals surface area contributed by atoms with Gasteiger partial charge in [-0.25, -0.2) is 0 Å². The summed E-state index contributed by atoms with van der Waals surface area (Å²) >= 11 is 0. The third-order valence-electron chi connectivity index (χ3n) is 3.82. The predicted octanol–water partition coefficient (Wildman–Crippen LogP) is 2.29. The Morgan fingerprint density at radius 2 is 2.39 bits per heavy atom. The van der Waals surface area contributed by atoms with Crippen molar-refractivity contribution in [3.05, 3.63) is 30.1 Å². The molecule has 1 atom stereocenters. The molecule has 1 N–H and O–H groups in total. The van der Waals surface area contributed by atoms with Crippen molar-refractivity contribution in [2.24, 2.45) is 5.92 Å². The highest BCUT2D eigenvalue weighted by Crippen LogP contribution is 2.18. The minimum Gasteiger partial charge on any atom is -0.310 e. The lowest BCUT2D eigenvalue weighted by Gasteiger charge is -2.32. The van der Waals surface area contributed by atoms with Crippen LogP contribution in [0.5, 0.6) is 0 Å². The molecule has 0 amide bonds. The monoisotopic (exact) mass is 247 g/mol. The highest BCUT2D eigenvalue weighted by Gasteiger charge is 2.17. The average Bonchev–Trinajstić information content (AvgIpc) is 2.45. The van der Waals surface area contributed by atoms with Crippen LogP contribution in [0.2, 0.25) is 0 Å². The SMILES string of the molecule is CCC1CCCN(CCNCc2ccccn2)C1. The van der Waals surface area contributed by atoms with Gasteiger partial charge in [0, 0.05) is 32.4 Å². The van der Waals surface area contributed by atoms with Gasteiger partial charge in [0.05, 0.1) is 5.69 Å². The first-order chi connectivity index (χ1) is 8.88. The van der Waals surface area contributed by atoms with Gasteiger partial charge >= 0.3 is 0 Å². The molecule has 0 spiro atoms. The van der Waals surface area contributed by atoms with E-state index in [9.17, 15) is 0 Å². The zero-order valence-corrected chi connectivity index (χ0v) is 11.4. The molecule has 1 aliphatic rings. The number of nitrogens with zero attached hydrogens (tertiary/aromatic N) is 2. The highest BCUT2D eigenvalue weighted by atomic mass is 15.1. The van der Waals surface area contributed by atoms with E-state index in [1.54, 1.807) is 0 Å². The summed E-state index contributed by atoms with van der Waals surface area (Å²) in [5.74, 6) is 0.926. The van der Waals surface area contributed by atoms with Gasteiger partial charge in [0.25, 0.3) is 0 Å². The van der Waals surface area contributed by atoms with E-state index in [0.29, 0.717) is 0 Å². The van der Waals surface area contributed by atoms with E-state index in [1.165, 1.54) is 38.9 Å². The molecule has 3 nitrogen and oxygen atoms in total. The fraction of sp³-hybridized carbons (Fsp3) is 0.667. The largest absolute Gasteiger partial charge is 0.310 e. The average molecular weight is 247 g/mol. The van der Waals surface area contributed by atoms with Crippen LogP contribution in [0.4, 0.5) is 0 Å². The van der Waals surface area contributed by atoms with Crippen LogP contribution < -0.4 is 5.32 Å².